The molecule has 0 spiro atoms. The number of likely N-dealkylation sites (tertiary alicyclic amines) is 1. The van der Waals surface area contributed by atoms with Crippen LogP contribution in [0.15, 0.2) is 30.6 Å². The minimum absolute atomic E-state index is 0. The Kier molecular flexibility index (Phi) is 6.22. The van der Waals surface area contributed by atoms with E-state index in [4.69, 9.17) is 0 Å². The highest BCUT2D eigenvalue weighted by atomic mass is 35.5. The first-order chi connectivity index (χ1) is 10.7. The van der Waals surface area contributed by atoms with Gasteiger partial charge in [-0.1, -0.05) is 23.8 Å². The Bertz CT molecular complexity index is 638. The normalized spacial score (nSPS) is 18.7. The number of halogens is 1. The molecule has 1 fully saturated rings. The summed E-state index contributed by atoms with van der Waals surface area (Å²) in [5.74, 6) is 0. The number of aromatic nitrogens is 2. The van der Waals surface area contributed by atoms with Crippen LogP contribution in [0, 0.1) is 6.92 Å². The SMILES string of the molecule is CNC1CCCN(Cc2ccc(C)cc2-c2cnn(C)c2)C1.Cl. The minimum Gasteiger partial charge on any atom is -0.316 e. The summed E-state index contributed by atoms with van der Waals surface area (Å²) in [7, 11) is 4.04. The fourth-order valence-corrected chi connectivity index (χ4v) is 3.33. The summed E-state index contributed by atoms with van der Waals surface area (Å²) in [5, 5.41) is 7.75. The monoisotopic (exact) mass is 334 g/mol. The van der Waals surface area contributed by atoms with Crippen molar-refractivity contribution in [2.75, 3.05) is 20.1 Å². The molecular formula is C18H27ClN4. The van der Waals surface area contributed by atoms with Crippen LogP contribution in [0.5, 0.6) is 0 Å². The van der Waals surface area contributed by atoms with Gasteiger partial charge < -0.3 is 5.32 Å². The topological polar surface area (TPSA) is 33.1 Å². The van der Waals surface area contributed by atoms with Gasteiger partial charge in [0.15, 0.2) is 0 Å². The van der Waals surface area contributed by atoms with Gasteiger partial charge in [0, 0.05) is 37.9 Å². The zero-order valence-corrected chi connectivity index (χ0v) is 15.1. The maximum atomic E-state index is 4.33. The molecule has 1 aliphatic heterocycles. The molecule has 1 N–H and O–H groups in total. The van der Waals surface area contributed by atoms with Crippen molar-refractivity contribution in [1.29, 1.82) is 0 Å². The van der Waals surface area contributed by atoms with Gasteiger partial charge in [-0.2, -0.15) is 5.10 Å². The Hall–Kier alpha value is -1.36. The smallest absolute Gasteiger partial charge is 0.0568 e. The van der Waals surface area contributed by atoms with Gasteiger partial charge in [0.1, 0.15) is 0 Å². The summed E-state index contributed by atoms with van der Waals surface area (Å²) >= 11 is 0. The molecule has 3 rings (SSSR count). The molecule has 4 nitrogen and oxygen atoms in total. The van der Waals surface area contributed by atoms with Gasteiger partial charge in [-0.3, -0.25) is 9.58 Å². The molecular weight excluding hydrogens is 308 g/mol. The van der Waals surface area contributed by atoms with Crippen LogP contribution < -0.4 is 5.32 Å². The molecule has 1 atom stereocenters. The molecule has 1 unspecified atom stereocenters. The maximum Gasteiger partial charge on any atom is 0.0568 e. The Morgan fingerprint density at radius 2 is 2.17 bits per heavy atom. The summed E-state index contributed by atoms with van der Waals surface area (Å²) in [6.45, 7) is 5.50. The lowest BCUT2D eigenvalue weighted by Crippen LogP contribution is -2.43. The van der Waals surface area contributed by atoms with Crippen molar-refractivity contribution < 1.29 is 0 Å². The van der Waals surface area contributed by atoms with Crippen LogP contribution in [0.3, 0.4) is 0 Å². The van der Waals surface area contributed by atoms with Crippen molar-refractivity contribution in [3.63, 3.8) is 0 Å². The third-order valence-corrected chi connectivity index (χ3v) is 4.59. The average Bonchev–Trinajstić information content (AvgIpc) is 2.96. The number of rotatable bonds is 4. The van der Waals surface area contributed by atoms with E-state index in [-0.39, 0.29) is 12.4 Å². The lowest BCUT2D eigenvalue weighted by atomic mass is 9.98. The van der Waals surface area contributed by atoms with E-state index in [9.17, 15) is 0 Å². The van der Waals surface area contributed by atoms with Gasteiger partial charge in [0.2, 0.25) is 0 Å². The number of hydrogen-bond acceptors (Lipinski definition) is 3. The van der Waals surface area contributed by atoms with Crippen molar-refractivity contribution in [3.8, 4) is 11.1 Å². The van der Waals surface area contributed by atoms with E-state index in [1.54, 1.807) is 0 Å². The van der Waals surface area contributed by atoms with Crippen molar-refractivity contribution in [1.82, 2.24) is 20.0 Å². The fourth-order valence-electron chi connectivity index (χ4n) is 3.33. The van der Waals surface area contributed by atoms with Gasteiger partial charge in [-0.15, -0.1) is 12.4 Å². The molecule has 2 aromatic rings. The largest absolute Gasteiger partial charge is 0.316 e. The van der Waals surface area contributed by atoms with Crippen molar-refractivity contribution >= 4 is 12.4 Å². The first-order valence-corrected chi connectivity index (χ1v) is 8.14. The second kappa shape index (κ2) is 7.95. The van der Waals surface area contributed by atoms with Crippen molar-refractivity contribution in [2.45, 2.75) is 32.4 Å². The quantitative estimate of drug-likeness (QED) is 0.933. The maximum absolute atomic E-state index is 4.33. The van der Waals surface area contributed by atoms with Crippen LogP contribution in [-0.4, -0.2) is 40.9 Å². The summed E-state index contributed by atoms with van der Waals surface area (Å²) in [6, 6.07) is 7.40. The van der Waals surface area contributed by atoms with E-state index < -0.39 is 0 Å². The molecule has 0 bridgehead atoms. The van der Waals surface area contributed by atoms with E-state index in [1.807, 2.05) is 17.9 Å². The average molecular weight is 335 g/mol. The molecule has 1 aromatic carbocycles. The van der Waals surface area contributed by atoms with Crippen LogP contribution in [0.4, 0.5) is 0 Å². The third-order valence-electron chi connectivity index (χ3n) is 4.59. The van der Waals surface area contributed by atoms with Crippen molar-refractivity contribution in [3.05, 3.63) is 41.7 Å². The lowest BCUT2D eigenvalue weighted by Gasteiger charge is -2.33. The van der Waals surface area contributed by atoms with Gasteiger partial charge in [0.05, 0.1) is 6.20 Å². The standard InChI is InChI=1S/C18H26N4.ClH/c1-14-6-7-15(12-22-8-4-5-17(13-22)19-2)18(9-14)16-10-20-21(3)11-16;/h6-7,9-11,17,19H,4-5,8,12-13H2,1-3H3;1H. The minimum atomic E-state index is 0. The predicted octanol–water partition coefficient (Wildman–Crippen LogP) is 3.00. The predicted molar refractivity (Wildman–Crippen MR) is 98.0 cm³/mol. The van der Waals surface area contributed by atoms with E-state index >= 15 is 0 Å². The Labute approximate surface area is 145 Å². The number of benzene rings is 1. The van der Waals surface area contributed by atoms with E-state index in [1.165, 1.54) is 41.6 Å². The Morgan fingerprint density at radius 1 is 1.35 bits per heavy atom. The van der Waals surface area contributed by atoms with E-state index in [0.717, 1.165) is 13.1 Å². The number of aryl methyl sites for hydroxylation is 2. The highest BCUT2D eigenvalue weighted by Crippen LogP contribution is 2.26. The molecule has 0 saturated carbocycles. The first kappa shape index (κ1) is 18.0. The molecule has 5 heteroatoms. The second-order valence-electron chi connectivity index (χ2n) is 6.43. The molecule has 1 aliphatic rings. The fraction of sp³-hybridized carbons (Fsp3) is 0.500. The summed E-state index contributed by atoms with van der Waals surface area (Å²) in [6.07, 6.45) is 6.63. The molecule has 23 heavy (non-hydrogen) atoms. The van der Waals surface area contributed by atoms with E-state index in [0.29, 0.717) is 6.04 Å². The summed E-state index contributed by atoms with van der Waals surface area (Å²) < 4.78 is 1.87. The molecule has 0 amide bonds. The van der Waals surface area contributed by atoms with Crippen LogP contribution in [-0.2, 0) is 13.6 Å². The van der Waals surface area contributed by atoms with Crippen LogP contribution in [0.25, 0.3) is 11.1 Å². The van der Waals surface area contributed by atoms with E-state index in [2.05, 4.69) is 53.7 Å². The van der Waals surface area contributed by atoms with Crippen LogP contribution in [0.2, 0.25) is 0 Å². The third kappa shape index (κ3) is 4.34. The molecule has 0 radical (unpaired) electrons. The number of hydrogen-bond donors (Lipinski definition) is 1. The number of nitrogens with zero attached hydrogens (tertiary/aromatic N) is 3. The number of nitrogens with one attached hydrogen (secondary N) is 1. The lowest BCUT2D eigenvalue weighted by molar-refractivity contribution is 0.188. The molecule has 1 saturated heterocycles. The van der Waals surface area contributed by atoms with Crippen LogP contribution >= 0.6 is 12.4 Å². The molecule has 1 aromatic heterocycles. The second-order valence-corrected chi connectivity index (χ2v) is 6.43. The highest BCUT2D eigenvalue weighted by molar-refractivity contribution is 5.85. The van der Waals surface area contributed by atoms with Gasteiger partial charge in [-0.05, 0) is 44.5 Å². The number of likely N-dealkylation sites (N-methyl/N-ethyl adjacent to an activating group) is 1. The first-order valence-electron chi connectivity index (χ1n) is 8.14. The Morgan fingerprint density at radius 3 is 2.87 bits per heavy atom. The molecule has 126 valence electrons. The zero-order valence-electron chi connectivity index (χ0n) is 14.2. The van der Waals surface area contributed by atoms with Gasteiger partial charge in [0.25, 0.3) is 0 Å². The molecule has 0 aliphatic carbocycles. The van der Waals surface area contributed by atoms with Gasteiger partial charge >= 0.3 is 0 Å². The summed E-state index contributed by atoms with van der Waals surface area (Å²) in [5.41, 5.74) is 5.23. The zero-order chi connectivity index (χ0) is 15.5. The summed E-state index contributed by atoms with van der Waals surface area (Å²) in [4.78, 5) is 2.56. The van der Waals surface area contributed by atoms with Crippen LogP contribution in [0.1, 0.15) is 24.0 Å². The van der Waals surface area contributed by atoms with Gasteiger partial charge in [-0.25, -0.2) is 0 Å². The Balaban J connectivity index is 0.00000192. The molecule has 2 heterocycles. The number of piperidine rings is 1. The highest BCUT2D eigenvalue weighted by Gasteiger charge is 2.19. The van der Waals surface area contributed by atoms with Crippen molar-refractivity contribution in [2.24, 2.45) is 7.05 Å².